The standard InChI is InChI=1S/C9H10N4O/c1-13-4-8(12-6-13)7-3-9(14-2)11-5-10-7/h3-6H,1-2H3. The van der Waals surface area contributed by atoms with Crippen LogP contribution < -0.4 is 4.74 Å². The molecule has 0 bridgehead atoms. The summed E-state index contributed by atoms with van der Waals surface area (Å²) in [6, 6.07) is 1.75. The Morgan fingerprint density at radius 3 is 2.71 bits per heavy atom. The Kier molecular flexibility index (Phi) is 2.14. The van der Waals surface area contributed by atoms with Gasteiger partial charge in [0.25, 0.3) is 0 Å². The quantitative estimate of drug-likeness (QED) is 0.705. The molecular formula is C9H10N4O. The fraction of sp³-hybridized carbons (Fsp3) is 0.222. The normalized spacial score (nSPS) is 10.1. The van der Waals surface area contributed by atoms with Crippen LogP contribution in [0.3, 0.4) is 0 Å². The van der Waals surface area contributed by atoms with E-state index in [2.05, 4.69) is 15.0 Å². The van der Waals surface area contributed by atoms with E-state index in [-0.39, 0.29) is 0 Å². The van der Waals surface area contributed by atoms with Crippen molar-refractivity contribution in [3.8, 4) is 17.3 Å². The summed E-state index contributed by atoms with van der Waals surface area (Å²) in [5.41, 5.74) is 1.57. The monoisotopic (exact) mass is 190 g/mol. The average molecular weight is 190 g/mol. The molecule has 0 aliphatic heterocycles. The van der Waals surface area contributed by atoms with Crippen LogP contribution in [0.2, 0.25) is 0 Å². The zero-order valence-corrected chi connectivity index (χ0v) is 8.01. The van der Waals surface area contributed by atoms with Crippen molar-refractivity contribution in [2.24, 2.45) is 7.05 Å². The molecule has 0 aromatic carbocycles. The van der Waals surface area contributed by atoms with Gasteiger partial charge in [-0.1, -0.05) is 0 Å². The maximum Gasteiger partial charge on any atom is 0.216 e. The van der Waals surface area contributed by atoms with Crippen LogP contribution in [0.25, 0.3) is 11.4 Å². The van der Waals surface area contributed by atoms with Gasteiger partial charge in [0.05, 0.1) is 19.1 Å². The van der Waals surface area contributed by atoms with E-state index >= 15 is 0 Å². The highest BCUT2D eigenvalue weighted by atomic mass is 16.5. The van der Waals surface area contributed by atoms with Gasteiger partial charge in [-0.3, -0.25) is 0 Å². The third-order valence-electron chi connectivity index (χ3n) is 1.82. The van der Waals surface area contributed by atoms with Crippen molar-refractivity contribution in [1.82, 2.24) is 19.5 Å². The molecule has 0 atom stereocenters. The molecule has 0 N–H and O–H groups in total. The summed E-state index contributed by atoms with van der Waals surface area (Å²) in [5.74, 6) is 0.542. The van der Waals surface area contributed by atoms with Crippen LogP contribution in [-0.4, -0.2) is 26.6 Å². The average Bonchev–Trinajstić information content (AvgIpc) is 2.65. The predicted molar refractivity (Wildman–Crippen MR) is 50.8 cm³/mol. The van der Waals surface area contributed by atoms with Crippen LogP contribution in [0.5, 0.6) is 5.88 Å². The summed E-state index contributed by atoms with van der Waals surface area (Å²) in [5, 5.41) is 0. The fourth-order valence-electron chi connectivity index (χ4n) is 1.14. The van der Waals surface area contributed by atoms with E-state index in [0.717, 1.165) is 11.4 Å². The Balaban J connectivity index is 2.41. The van der Waals surface area contributed by atoms with Gasteiger partial charge in [0.2, 0.25) is 5.88 Å². The smallest absolute Gasteiger partial charge is 0.216 e. The molecule has 0 radical (unpaired) electrons. The Morgan fingerprint density at radius 2 is 2.07 bits per heavy atom. The van der Waals surface area contributed by atoms with Gasteiger partial charge in [0, 0.05) is 19.3 Å². The Morgan fingerprint density at radius 1 is 1.21 bits per heavy atom. The van der Waals surface area contributed by atoms with Gasteiger partial charge in [0.15, 0.2) is 0 Å². The summed E-state index contributed by atoms with van der Waals surface area (Å²) in [4.78, 5) is 12.2. The minimum atomic E-state index is 0.542. The number of nitrogens with zero attached hydrogens (tertiary/aromatic N) is 4. The van der Waals surface area contributed by atoms with E-state index in [1.165, 1.54) is 6.33 Å². The number of ether oxygens (including phenoxy) is 1. The summed E-state index contributed by atoms with van der Waals surface area (Å²) in [7, 11) is 3.49. The van der Waals surface area contributed by atoms with Crippen LogP contribution in [0.4, 0.5) is 0 Å². The molecule has 0 fully saturated rings. The first kappa shape index (κ1) is 8.68. The van der Waals surface area contributed by atoms with Crippen LogP contribution in [0.15, 0.2) is 24.9 Å². The van der Waals surface area contributed by atoms with Gasteiger partial charge in [-0.2, -0.15) is 0 Å². The molecule has 0 saturated heterocycles. The second kappa shape index (κ2) is 3.45. The van der Waals surface area contributed by atoms with Gasteiger partial charge >= 0.3 is 0 Å². The molecule has 2 aromatic rings. The van der Waals surface area contributed by atoms with E-state index in [4.69, 9.17) is 4.74 Å². The third-order valence-corrected chi connectivity index (χ3v) is 1.82. The molecule has 0 amide bonds. The number of hydrogen-bond donors (Lipinski definition) is 0. The molecule has 14 heavy (non-hydrogen) atoms. The van der Waals surface area contributed by atoms with Crippen LogP contribution in [0, 0.1) is 0 Å². The molecule has 2 rings (SSSR count). The lowest BCUT2D eigenvalue weighted by atomic mass is 10.3. The first-order valence-electron chi connectivity index (χ1n) is 4.14. The van der Waals surface area contributed by atoms with E-state index < -0.39 is 0 Å². The van der Waals surface area contributed by atoms with Gasteiger partial charge < -0.3 is 9.30 Å². The number of hydrogen-bond acceptors (Lipinski definition) is 4. The third kappa shape index (κ3) is 1.56. The Labute approximate surface area is 81.4 Å². The highest BCUT2D eigenvalue weighted by Crippen LogP contribution is 2.16. The van der Waals surface area contributed by atoms with E-state index in [9.17, 15) is 0 Å². The molecule has 0 unspecified atom stereocenters. The van der Waals surface area contributed by atoms with Gasteiger partial charge in [-0.05, 0) is 0 Å². The molecule has 0 spiro atoms. The van der Waals surface area contributed by atoms with Crippen molar-refractivity contribution >= 4 is 0 Å². The van der Waals surface area contributed by atoms with E-state index in [0.29, 0.717) is 5.88 Å². The fourth-order valence-corrected chi connectivity index (χ4v) is 1.14. The van der Waals surface area contributed by atoms with Crippen molar-refractivity contribution in [2.45, 2.75) is 0 Å². The summed E-state index contributed by atoms with van der Waals surface area (Å²) in [6.45, 7) is 0. The zero-order valence-electron chi connectivity index (χ0n) is 8.01. The van der Waals surface area contributed by atoms with Gasteiger partial charge in [0.1, 0.15) is 12.0 Å². The van der Waals surface area contributed by atoms with Crippen LogP contribution in [-0.2, 0) is 7.05 Å². The molecule has 0 saturated carbocycles. The Bertz CT molecular complexity index is 438. The van der Waals surface area contributed by atoms with Gasteiger partial charge in [-0.25, -0.2) is 15.0 Å². The SMILES string of the molecule is COc1cc(-c2cn(C)cn2)ncn1. The summed E-state index contributed by atoms with van der Waals surface area (Å²) in [6.07, 6.45) is 5.08. The number of aryl methyl sites for hydroxylation is 1. The lowest BCUT2D eigenvalue weighted by Gasteiger charge is -1.98. The van der Waals surface area contributed by atoms with E-state index in [1.54, 1.807) is 19.5 Å². The van der Waals surface area contributed by atoms with Gasteiger partial charge in [-0.15, -0.1) is 0 Å². The molecule has 72 valence electrons. The van der Waals surface area contributed by atoms with Crippen molar-refractivity contribution < 1.29 is 4.74 Å². The highest BCUT2D eigenvalue weighted by molar-refractivity contribution is 5.53. The number of rotatable bonds is 2. The lowest BCUT2D eigenvalue weighted by Crippen LogP contribution is -1.90. The lowest BCUT2D eigenvalue weighted by molar-refractivity contribution is 0.397. The molecular weight excluding hydrogens is 180 g/mol. The molecule has 2 heterocycles. The maximum atomic E-state index is 5.00. The maximum absolute atomic E-state index is 5.00. The first-order valence-corrected chi connectivity index (χ1v) is 4.14. The first-order chi connectivity index (χ1) is 6.79. The molecule has 0 aliphatic rings. The van der Waals surface area contributed by atoms with Crippen LogP contribution in [0.1, 0.15) is 0 Å². The predicted octanol–water partition coefficient (Wildman–Crippen LogP) is 0.886. The van der Waals surface area contributed by atoms with Crippen molar-refractivity contribution in [1.29, 1.82) is 0 Å². The molecule has 5 nitrogen and oxygen atoms in total. The molecule has 5 heteroatoms. The second-order valence-corrected chi connectivity index (χ2v) is 2.87. The summed E-state index contributed by atoms with van der Waals surface area (Å²) < 4.78 is 6.86. The number of methoxy groups -OCH3 is 1. The minimum absolute atomic E-state index is 0.542. The van der Waals surface area contributed by atoms with E-state index in [1.807, 2.05) is 17.8 Å². The van der Waals surface area contributed by atoms with Crippen LogP contribution >= 0.6 is 0 Å². The number of imidazole rings is 1. The van der Waals surface area contributed by atoms with Crippen molar-refractivity contribution in [3.05, 3.63) is 24.9 Å². The largest absolute Gasteiger partial charge is 0.481 e. The van der Waals surface area contributed by atoms with Crippen molar-refractivity contribution in [3.63, 3.8) is 0 Å². The molecule has 0 aliphatic carbocycles. The van der Waals surface area contributed by atoms with Crippen molar-refractivity contribution in [2.75, 3.05) is 7.11 Å². The zero-order chi connectivity index (χ0) is 9.97. The Hall–Kier alpha value is -1.91. The minimum Gasteiger partial charge on any atom is -0.481 e. The molecule has 2 aromatic heterocycles. The second-order valence-electron chi connectivity index (χ2n) is 2.87. The number of aromatic nitrogens is 4. The highest BCUT2D eigenvalue weighted by Gasteiger charge is 2.03. The topological polar surface area (TPSA) is 52.8 Å². The summed E-state index contributed by atoms with van der Waals surface area (Å²) >= 11 is 0.